The normalized spacial score (nSPS) is 19.1. The van der Waals surface area contributed by atoms with Crippen molar-refractivity contribution in [1.82, 2.24) is 5.32 Å². The summed E-state index contributed by atoms with van der Waals surface area (Å²) in [4.78, 5) is 16.7. The zero-order valence-electron chi connectivity index (χ0n) is 13.4. The smallest absolute Gasteiger partial charge is 0.239 e. The van der Waals surface area contributed by atoms with Gasteiger partial charge in [0.25, 0.3) is 0 Å². The monoisotopic (exact) mass is 324 g/mol. The van der Waals surface area contributed by atoms with Gasteiger partial charge in [-0.3, -0.25) is 4.79 Å². The first kappa shape index (κ1) is 15.8. The topological polar surface area (TPSA) is 41.5 Å². The number of nitrogens with one attached hydrogen (secondary N) is 1. The van der Waals surface area contributed by atoms with Crippen molar-refractivity contribution in [2.75, 3.05) is 0 Å². The summed E-state index contributed by atoms with van der Waals surface area (Å²) in [5, 5.41) is 3.48. The van der Waals surface area contributed by atoms with Gasteiger partial charge in [-0.2, -0.15) is 0 Å². The van der Waals surface area contributed by atoms with E-state index in [2.05, 4.69) is 54.5 Å². The zero-order chi connectivity index (χ0) is 16.2. The van der Waals surface area contributed by atoms with Crippen LogP contribution in [0.2, 0.25) is 0 Å². The lowest BCUT2D eigenvalue weighted by Crippen LogP contribution is -2.25. The summed E-state index contributed by atoms with van der Waals surface area (Å²) in [5.41, 5.74) is 4.57. The molecule has 1 aliphatic rings. The van der Waals surface area contributed by atoms with E-state index in [9.17, 15) is 4.79 Å². The number of rotatable bonds is 4. The van der Waals surface area contributed by atoms with Crippen LogP contribution >= 0.6 is 11.8 Å². The Morgan fingerprint density at radius 1 is 1.13 bits per heavy atom. The fraction of sp³-hybridized carbons (Fsp3) is 0.263. The minimum Gasteiger partial charge on any atom is -0.304 e. The number of nitrogens with zero attached hydrogens (tertiary/aromatic N) is 1. The highest BCUT2D eigenvalue weighted by molar-refractivity contribution is 8.15. The number of amides is 1. The number of carbonyl (C=O) groups excluding carboxylic acids is 1. The number of hydrogen-bond acceptors (Lipinski definition) is 3. The Bertz CT molecular complexity index is 737. The lowest BCUT2D eigenvalue weighted by atomic mass is 10.1. The highest BCUT2D eigenvalue weighted by Gasteiger charge is 2.30. The molecule has 1 unspecified atom stereocenters. The van der Waals surface area contributed by atoms with Gasteiger partial charge in [0.15, 0.2) is 5.17 Å². The molecule has 0 bridgehead atoms. The summed E-state index contributed by atoms with van der Waals surface area (Å²) in [7, 11) is 0. The Hall–Kier alpha value is -2.07. The molecule has 0 aliphatic carbocycles. The van der Waals surface area contributed by atoms with Crippen LogP contribution in [0.1, 0.15) is 23.6 Å². The Morgan fingerprint density at radius 3 is 2.61 bits per heavy atom. The van der Waals surface area contributed by atoms with Crippen molar-refractivity contribution in [1.29, 1.82) is 0 Å². The summed E-state index contributed by atoms with van der Waals surface area (Å²) >= 11 is 1.51. The Kier molecular flexibility index (Phi) is 4.82. The first-order valence-corrected chi connectivity index (χ1v) is 8.72. The van der Waals surface area contributed by atoms with Gasteiger partial charge in [-0.1, -0.05) is 60.6 Å². The number of thioether (sulfide) groups is 1. The molecule has 0 radical (unpaired) electrons. The van der Waals surface area contributed by atoms with E-state index < -0.39 is 0 Å². The van der Waals surface area contributed by atoms with Gasteiger partial charge in [0, 0.05) is 0 Å². The summed E-state index contributed by atoms with van der Waals surface area (Å²) in [6, 6.07) is 16.4. The molecular weight excluding hydrogens is 304 g/mol. The van der Waals surface area contributed by atoms with E-state index in [0.29, 0.717) is 5.17 Å². The molecule has 1 saturated heterocycles. The van der Waals surface area contributed by atoms with E-state index in [-0.39, 0.29) is 11.2 Å². The van der Waals surface area contributed by atoms with Crippen molar-refractivity contribution in [3.05, 3.63) is 65.2 Å². The minimum atomic E-state index is -0.106. The SMILES string of the molecule is CCc1ccc(N=C2NC(=O)C(Cc3cccc(C)c3)S2)cc1. The molecule has 1 atom stereocenters. The lowest BCUT2D eigenvalue weighted by molar-refractivity contribution is -0.118. The van der Waals surface area contributed by atoms with E-state index in [0.717, 1.165) is 18.5 Å². The zero-order valence-corrected chi connectivity index (χ0v) is 14.2. The lowest BCUT2D eigenvalue weighted by Gasteiger charge is -2.06. The molecule has 23 heavy (non-hydrogen) atoms. The average Bonchev–Trinajstić information content (AvgIpc) is 2.87. The van der Waals surface area contributed by atoms with Gasteiger partial charge in [0.1, 0.15) is 0 Å². The second kappa shape index (κ2) is 7.01. The van der Waals surface area contributed by atoms with Gasteiger partial charge < -0.3 is 5.32 Å². The number of benzene rings is 2. The van der Waals surface area contributed by atoms with Crippen molar-refractivity contribution >= 4 is 28.5 Å². The van der Waals surface area contributed by atoms with Crippen molar-refractivity contribution in [2.45, 2.75) is 31.9 Å². The van der Waals surface area contributed by atoms with E-state index in [1.54, 1.807) is 0 Å². The van der Waals surface area contributed by atoms with Crippen LogP contribution < -0.4 is 5.32 Å². The van der Waals surface area contributed by atoms with E-state index in [1.807, 2.05) is 18.2 Å². The van der Waals surface area contributed by atoms with Crippen molar-refractivity contribution in [3.63, 3.8) is 0 Å². The molecule has 1 aliphatic heterocycles. The maximum Gasteiger partial charge on any atom is 0.239 e. The van der Waals surface area contributed by atoms with Crippen molar-refractivity contribution in [3.8, 4) is 0 Å². The highest BCUT2D eigenvalue weighted by Crippen LogP contribution is 2.26. The standard InChI is InChI=1S/C19H20N2OS/c1-3-14-7-9-16(10-8-14)20-19-21-18(22)17(23-19)12-15-6-4-5-13(2)11-15/h4-11,17H,3,12H2,1-2H3,(H,20,21,22). The number of carbonyl (C=O) groups is 1. The molecule has 118 valence electrons. The highest BCUT2D eigenvalue weighted by atomic mass is 32.2. The second-order valence-electron chi connectivity index (χ2n) is 5.73. The number of hydrogen-bond donors (Lipinski definition) is 1. The molecule has 3 rings (SSSR count). The van der Waals surface area contributed by atoms with Crippen LogP contribution in [0, 0.1) is 6.92 Å². The van der Waals surface area contributed by atoms with Crippen molar-refractivity contribution < 1.29 is 4.79 Å². The number of amidine groups is 1. The molecule has 2 aromatic rings. The van der Waals surface area contributed by atoms with Crippen LogP contribution in [0.3, 0.4) is 0 Å². The summed E-state index contributed by atoms with van der Waals surface area (Å²) in [6.07, 6.45) is 1.74. The second-order valence-corrected chi connectivity index (χ2v) is 6.92. The predicted octanol–water partition coefficient (Wildman–Crippen LogP) is 4.02. The van der Waals surface area contributed by atoms with Crippen LogP contribution in [0.5, 0.6) is 0 Å². The summed E-state index contributed by atoms with van der Waals surface area (Å²) < 4.78 is 0. The van der Waals surface area contributed by atoms with Crippen LogP contribution in [-0.4, -0.2) is 16.3 Å². The molecule has 0 saturated carbocycles. The fourth-order valence-electron chi connectivity index (χ4n) is 2.57. The molecule has 0 spiro atoms. The summed E-state index contributed by atoms with van der Waals surface area (Å²) in [5.74, 6) is 0.0421. The van der Waals surface area contributed by atoms with Gasteiger partial charge in [-0.15, -0.1) is 0 Å². The number of aryl methyl sites for hydroxylation is 2. The third-order valence-electron chi connectivity index (χ3n) is 3.86. The maximum atomic E-state index is 12.2. The van der Waals surface area contributed by atoms with Gasteiger partial charge in [-0.05, 0) is 43.0 Å². The maximum absolute atomic E-state index is 12.2. The Labute approximate surface area is 141 Å². The third kappa shape index (κ3) is 4.02. The predicted molar refractivity (Wildman–Crippen MR) is 97.3 cm³/mol. The largest absolute Gasteiger partial charge is 0.304 e. The van der Waals surface area contributed by atoms with Crippen LogP contribution in [0.15, 0.2) is 53.5 Å². The van der Waals surface area contributed by atoms with Crippen LogP contribution in [-0.2, 0) is 17.6 Å². The van der Waals surface area contributed by atoms with Gasteiger partial charge in [0.05, 0.1) is 10.9 Å². The molecule has 1 fully saturated rings. The molecule has 2 aromatic carbocycles. The quantitative estimate of drug-likeness (QED) is 0.923. The number of aliphatic imine (C=N–C) groups is 1. The molecule has 0 aromatic heterocycles. The van der Waals surface area contributed by atoms with Crippen LogP contribution in [0.4, 0.5) is 5.69 Å². The first-order valence-electron chi connectivity index (χ1n) is 7.85. The molecular formula is C19H20N2OS. The molecule has 3 nitrogen and oxygen atoms in total. The molecule has 1 heterocycles. The molecule has 1 amide bonds. The third-order valence-corrected chi connectivity index (χ3v) is 4.94. The van der Waals surface area contributed by atoms with Gasteiger partial charge in [0.2, 0.25) is 5.91 Å². The Balaban J connectivity index is 1.70. The molecule has 4 heteroatoms. The average molecular weight is 324 g/mol. The van der Waals surface area contributed by atoms with Gasteiger partial charge in [-0.25, -0.2) is 4.99 Å². The molecule has 1 N–H and O–H groups in total. The first-order chi connectivity index (χ1) is 11.1. The van der Waals surface area contributed by atoms with Crippen LogP contribution in [0.25, 0.3) is 0 Å². The summed E-state index contributed by atoms with van der Waals surface area (Å²) in [6.45, 7) is 4.20. The van der Waals surface area contributed by atoms with Gasteiger partial charge >= 0.3 is 0 Å². The van der Waals surface area contributed by atoms with E-state index in [1.165, 1.54) is 28.5 Å². The van der Waals surface area contributed by atoms with Crippen molar-refractivity contribution in [2.24, 2.45) is 4.99 Å². The Morgan fingerprint density at radius 2 is 1.91 bits per heavy atom. The van der Waals surface area contributed by atoms with E-state index >= 15 is 0 Å². The fourth-order valence-corrected chi connectivity index (χ4v) is 3.60. The van der Waals surface area contributed by atoms with E-state index in [4.69, 9.17) is 0 Å². The minimum absolute atomic E-state index is 0.0421.